The summed E-state index contributed by atoms with van der Waals surface area (Å²) in [6.07, 6.45) is 6.69. The number of carbonyl (C=O) groups excluding carboxylic acids is 1. The van der Waals surface area contributed by atoms with Crippen LogP contribution in [0.4, 0.5) is 10.2 Å². The van der Waals surface area contributed by atoms with Gasteiger partial charge < -0.3 is 10.2 Å². The van der Waals surface area contributed by atoms with Crippen molar-refractivity contribution >= 4 is 23.3 Å². The first-order valence-electron chi connectivity index (χ1n) is 7.82. The van der Waals surface area contributed by atoms with E-state index in [4.69, 9.17) is 11.6 Å². The van der Waals surface area contributed by atoms with E-state index < -0.39 is 11.7 Å². The summed E-state index contributed by atoms with van der Waals surface area (Å²) in [6.45, 7) is 3.20. The van der Waals surface area contributed by atoms with Crippen LogP contribution in [-0.2, 0) is 0 Å². The number of nitrogens with zero attached hydrogens (tertiary/aromatic N) is 3. The molecule has 5 nitrogen and oxygen atoms in total. The maximum Gasteiger partial charge on any atom is 0.256 e. The summed E-state index contributed by atoms with van der Waals surface area (Å²) >= 11 is 6.11. The van der Waals surface area contributed by atoms with E-state index in [0.717, 1.165) is 25.2 Å². The van der Waals surface area contributed by atoms with Gasteiger partial charge in [-0.05, 0) is 31.4 Å². The summed E-state index contributed by atoms with van der Waals surface area (Å²) in [6, 6.07) is 2.73. The van der Waals surface area contributed by atoms with Gasteiger partial charge in [0.15, 0.2) is 0 Å². The number of hydrogen-bond acceptors (Lipinski definition) is 4. The third-order valence-corrected chi connectivity index (χ3v) is 4.63. The number of amides is 1. The Morgan fingerprint density at radius 2 is 2.25 bits per heavy atom. The number of anilines is 1. The molecule has 0 aliphatic carbocycles. The second-order valence-corrected chi connectivity index (χ2v) is 6.25. The van der Waals surface area contributed by atoms with Crippen LogP contribution in [0.1, 0.15) is 28.8 Å². The fourth-order valence-electron chi connectivity index (χ4n) is 2.88. The van der Waals surface area contributed by atoms with Gasteiger partial charge in [0.2, 0.25) is 0 Å². The van der Waals surface area contributed by atoms with Crippen LogP contribution in [0.3, 0.4) is 0 Å². The molecule has 2 heterocycles. The molecular weight excluding hydrogens is 331 g/mol. The summed E-state index contributed by atoms with van der Waals surface area (Å²) in [5.41, 5.74) is 0.585. The van der Waals surface area contributed by atoms with E-state index in [-0.39, 0.29) is 16.6 Å². The summed E-state index contributed by atoms with van der Waals surface area (Å²) in [5, 5.41) is 3.05. The lowest BCUT2D eigenvalue weighted by Crippen LogP contribution is -2.48. The highest BCUT2D eigenvalue weighted by atomic mass is 35.5. The van der Waals surface area contributed by atoms with Gasteiger partial charge in [0.1, 0.15) is 11.6 Å². The van der Waals surface area contributed by atoms with Crippen molar-refractivity contribution in [2.24, 2.45) is 0 Å². The van der Waals surface area contributed by atoms with Gasteiger partial charge in [-0.15, -0.1) is 0 Å². The van der Waals surface area contributed by atoms with Crippen molar-refractivity contribution in [2.75, 3.05) is 18.0 Å². The number of carbonyl (C=O) groups is 1. The zero-order valence-electron chi connectivity index (χ0n) is 13.3. The van der Waals surface area contributed by atoms with E-state index in [1.165, 1.54) is 6.07 Å². The average molecular weight is 349 g/mol. The van der Waals surface area contributed by atoms with Gasteiger partial charge in [0, 0.05) is 31.5 Å². The van der Waals surface area contributed by atoms with Crippen LogP contribution >= 0.6 is 11.6 Å². The quantitative estimate of drug-likeness (QED) is 0.926. The minimum absolute atomic E-state index is 0.0895. The molecule has 1 atom stereocenters. The van der Waals surface area contributed by atoms with E-state index in [0.29, 0.717) is 12.1 Å². The smallest absolute Gasteiger partial charge is 0.256 e. The Kier molecular flexibility index (Phi) is 4.94. The van der Waals surface area contributed by atoms with Gasteiger partial charge in [-0.2, -0.15) is 0 Å². The van der Waals surface area contributed by atoms with Crippen LogP contribution in [0, 0.1) is 12.7 Å². The molecule has 24 heavy (non-hydrogen) atoms. The summed E-state index contributed by atoms with van der Waals surface area (Å²) in [5.74, 6) is -0.312. The molecule has 0 radical (unpaired) electrons. The summed E-state index contributed by atoms with van der Waals surface area (Å²) in [4.78, 5) is 22.9. The Balaban J connectivity index is 1.72. The maximum absolute atomic E-state index is 14.0. The minimum atomic E-state index is -0.607. The molecule has 0 unspecified atom stereocenters. The topological polar surface area (TPSA) is 58.1 Å². The van der Waals surface area contributed by atoms with Gasteiger partial charge in [-0.1, -0.05) is 17.7 Å². The van der Waals surface area contributed by atoms with Crippen LogP contribution in [0.25, 0.3) is 0 Å². The standard InChI is InChI=1S/C17H18ClFN4O/c1-11-4-5-13(19)15(16(11)18)17(24)22-12-3-2-8-23(10-12)14-9-20-6-7-21-14/h4-7,9,12H,2-3,8,10H2,1H3,(H,22,24)/t12-/m1/s1. The molecule has 0 spiro atoms. The highest BCUT2D eigenvalue weighted by Crippen LogP contribution is 2.24. The first-order valence-corrected chi connectivity index (χ1v) is 8.20. The Bertz CT molecular complexity index is 741. The van der Waals surface area contributed by atoms with Crippen molar-refractivity contribution < 1.29 is 9.18 Å². The molecule has 2 aromatic rings. The fraction of sp³-hybridized carbons (Fsp3) is 0.353. The number of aromatic nitrogens is 2. The lowest BCUT2D eigenvalue weighted by atomic mass is 10.0. The molecule has 1 saturated heterocycles. The van der Waals surface area contributed by atoms with Crippen molar-refractivity contribution in [3.8, 4) is 0 Å². The average Bonchev–Trinajstić information content (AvgIpc) is 2.59. The van der Waals surface area contributed by atoms with Crippen LogP contribution in [0.15, 0.2) is 30.7 Å². The Labute approximate surface area is 144 Å². The Morgan fingerprint density at radius 1 is 1.42 bits per heavy atom. The fourth-order valence-corrected chi connectivity index (χ4v) is 3.12. The van der Waals surface area contributed by atoms with Crippen molar-refractivity contribution in [1.29, 1.82) is 0 Å². The number of piperidine rings is 1. The van der Waals surface area contributed by atoms with Crippen LogP contribution in [0.5, 0.6) is 0 Å². The molecule has 7 heteroatoms. The third kappa shape index (κ3) is 3.48. The molecule has 1 fully saturated rings. The molecule has 3 rings (SSSR count). The lowest BCUT2D eigenvalue weighted by Gasteiger charge is -2.33. The second kappa shape index (κ2) is 7.13. The number of rotatable bonds is 3. The number of nitrogens with one attached hydrogen (secondary N) is 1. The first-order chi connectivity index (χ1) is 11.6. The number of hydrogen-bond donors (Lipinski definition) is 1. The van der Waals surface area contributed by atoms with E-state index >= 15 is 0 Å². The number of halogens is 2. The Hall–Kier alpha value is -2.21. The van der Waals surface area contributed by atoms with Crippen molar-refractivity contribution in [2.45, 2.75) is 25.8 Å². The molecular formula is C17H18ClFN4O. The van der Waals surface area contributed by atoms with Crippen molar-refractivity contribution in [1.82, 2.24) is 15.3 Å². The second-order valence-electron chi connectivity index (χ2n) is 5.88. The van der Waals surface area contributed by atoms with E-state index in [1.54, 1.807) is 31.6 Å². The SMILES string of the molecule is Cc1ccc(F)c(C(=O)N[C@@H]2CCCN(c3cnccn3)C2)c1Cl. The van der Waals surface area contributed by atoms with E-state index in [9.17, 15) is 9.18 Å². The molecule has 1 N–H and O–H groups in total. The van der Waals surface area contributed by atoms with Crippen molar-refractivity contribution in [3.63, 3.8) is 0 Å². The number of benzene rings is 1. The van der Waals surface area contributed by atoms with Crippen LogP contribution < -0.4 is 10.2 Å². The molecule has 1 aliphatic heterocycles. The highest BCUT2D eigenvalue weighted by molar-refractivity contribution is 6.34. The van der Waals surface area contributed by atoms with Gasteiger partial charge in [-0.25, -0.2) is 9.37 Å². The predicted octanol–water partition coefficient (Wildman–Crippen LogP) is 2.98. The minimum Gasteiger partial charge on any atom is -0.353 e. The largest absolute Gasteiger partial charge is 0.353 e. The summed E-state index contributed by atoms with van der Waals surface area (Å²) in [7, 11) is 0. The van der Waals surface area contributed by atoms with Crippen LogP contribution in [0.2, 0.25) is 5.02 Å². The number of aryl methyl sites for hydroxylation is 1. The molecule has 0 saturated carbocycles. The zero-order chi connectivity index (χ0) is 17.1. The third-order valence-electron chi connectivity index (χ3n) is 4.14. The van der Waals surface area contributed by atoms with Gasteiger partial charge >= 0.3 is 0 Å². The van der Waals surface area contributed by atoms with Gasteiger partial charge in [-0.3, -0.25) is 9.78 Å². The van der Waals surface area contributed by atoms with Gasteiger partial charge in [0.25, 0.3) is 5.91 Å². The molecule has 1 amide bonds. The van der Waals surface area contributed by atoms with E-state index in [2.05, 4.69) is 20.2 Å². The van der Waals surface area contributed by atoms with E-state index in [1.807, 2.05) is 0 Å². The van der Waals surface area contributed by atoms with Gasteiger partial charge in [0.05, 0.1) is 16.8 Å². The van der Waals surface area contributed by atoms with Crippen LogP contribution in [-0.4, -0.2) is 35.0 Å². The normalized spacial score (nSPS) is 17.6. The Morgan fingerprint density at radius 3 is 3.00 bits per heavy atom. The molecule has 0 bridgehead atoms. The summed E-state index contributed by atoms with van der Waals surface area (Å²) < 4.78 is 14.0. The highest BCUT2D eigenvalue weighted by Gasteiger charge is 2.25. The van der Waals surface area contributed by atoms with Crippen molar-refractivity contribution in [3.05, 3.63) is 52.7 Å². The zero-order valence-corrected chi connectivity index (χ0v) is 14.1. The predicted molar refractivity (Wildman–Crippen MR) is 90.9 cm³/mol. The molecule has 1 aromatic carbocycles. The molecule has 1 aliphatic rings. The maximum atomic E-state index is 14.0. The molecule has 126 valence electrons. The monoisotopic (exact) mass is 348 g/mol. The molecule has 1 aromatic heterocycles. The lowest BCUT2D eigenvalue weighted by molar-refractivity contribution is 0.0929. The first kappa shape index (κ1) is 16.6.